The zero-order valence-corrected chi connectivity index (χ0v) is 13.4. The van der Waals surface area contributed by atoms with E-state index >= 15 is 0 Å². The Bertz CT molecular complexity index is 623. The zero-order chi connectivity index (χ0) is 15.3. The highest BCUT2D eigenvalue weighted by Gasteiger charge is 2.12. The fraction of sp³-hybridized carbons (Fsp3) is 0.222. The van der Waals surface area contributed by atoms with Gasteiger partial charge < -0.3 is 5.32 Å². The number of nitrogens with one attached hydrogen (secondary N) is 1. The van der Waals surface area contributed by atoms with E-state index in [1.165, 1.54) is 5.56 Å². The van der Waals surface area contributed by atoms with Gasteiger partial charge in [0, 0.05) is 6.20 Å². The summed E-state index contributed by atoms with van der Waals surface area (Å²) in [6.07, 6.45) is 5.63. The van der Waals surface area contributed by atoms with Gasteiger partial charge in [0.1, 0.15) is 10.8 Å². The van der Waals surface area contributed by atoms with Gasteiger partial charge in [0.05, 0.1) is 0 Å². The van der Waals surface area contributed by atoms with Gasteiger partial charge in [-0.05, 0) is 34.8 Å². The van der Waals surface area contributed by atoms with Crippen LogP contribution in [0.2, 0.25) is 0 Å². The molecule has 108 valence electrons. The van der Waals surface area contributed by atoms with Crippen LogP contribution >= 0.6 is 12.2 Å². The third kappa shape index (κ3) is 4.80. The molecule has 0 saturated heterocycles. The molecule has 0 atom stereocenters. The molecular weight excluding hydrogens is 276 g/mol. The van der Waals surface area contributed by atoms with Crippen molar-refractivity contribution in [1.29, 1.82) is 0 Å². The molecule has 2 rings (SSSR count). The monoisotopic (exact) mass is 296 g/mol. The summed E-state index contributed by atoms with van der Waals surface area (Å²) in [7, 11) is 0. The van der Waals surface area contributed by atoms with Gasteiger partial charge in [0.25, 0.3) is 0 Å². The number of hydrogen-bond donors (Lipinski definition) is 1. The first kappa shape index (κ1) is 15.4. The van der Waals surface area contributed by atoms with Crippen LogP contribution in [-0.4, -0.2) is 9.97 Å². The van der Waals surface area contributed by atoms with Gasteiger partial charge in [-0.3, -0.25) is 0 Å². The first-order valence-electron chi connectivity index (χ1n) is 6.96. The number of benzene rings is 1. The average Bonchev–Trinajstić information content (AvgIpc) is 2.46. The number of hydrogen-bond acceptors (Lipinski definition) is 2. The summed E-state index contributed by atoms with van der Waals surface area (Å²) in [4.78, 5) is 4.83. The van der Waals surface area contributed by atoms with Crippen molar-refractivity contribution in [2.24, 2.45) is 0 Å². The summed E-state index contributed by atoms with van der Waals surface area (Å²) in [6.45, 7) is 6.64. The minimum Gasteiger partial charge on any atom is -0.331 e. The maximum Gasteiger partial charge on any atom is 0.130 e. The van der Waals surface area contributed by atoms with Crippen LogP contribution in [0.25, 0.3) is 6.08 Å². The lowest BCUT2D eigenvalue weighted by Gasteiger charge is -2.18. The highest BCUT2D eigenvalue weighted by atomic mass is 32.1. The molecule has 0 bridgehead atoms. The maximum atomic E-state index is 5.28. The van der Waals surface area contributed by atoms with Gasteiger partial charge in [0.2, 0.25) is 0 Å². The van der Waals surface area contributed by atoms with Gasteiger partial charge >= 0.3 is 0 Å². The van der Waals surface area contributed by atoms with Crippen molar-refractivity contribution in [2.45, 2.75) is 26.2 Å². The molecule has 0 aliphatic carbocycles. The third-order valence-corrected chi connectivity index (χ3v) is 3.36. The normalized spacial score (nSPS) is 11.6. The number of nitrogens with zero attached hydrogens (tertiary/aromatic N) is 1. The van der Waals surface area contributed by atoms with E-state index in [0.717, 1.165) is 11.4 Å². The standard InChI is InChI=1S/C18H20N2S/c1-18(2,3)15-10-7-14(8-11-15)9-12-17(21)20-16-6-4-5-13-19-16/h4-13H,1-3H3,(H,19,20,21)/b12-9+. The highest BCUT2D eigenvalue weighted by Crippen LogP contribution is 2.22. The quantitative estimate of drug-likeness (QED) is 0.648. The summed E-state index contributed by atoms with van der Waals surface area (Å²) < 4.78 is 0. The average molecular weight is 296 g/mol. The Balaban J connectivity index is 1.99. The van der Waals surface area contributed by atoms with Crippen molar-refractivity contribution in [2.75, 3.05) is 5.32 Å². The van der Waals surface area contributed by atoms with E-state index < -0.39 is 0 Å². The Kier molecular flexibility index (Phi) is 4.86. The SMILES string of the molecule is CC(C)(C)c1ccc(/C=C/C(=S)Nc2ccccn2)cc1. The van der Waals surface area contributed by atoms with Crippen LogP contribution in [0.15, 0.2) is 54.7 Å². The molecule has 0 radical (unpaired) electrons. The molecule has 1 N–H and O–H groups in total. The summed E-state index contributed by atoms with van der Waals surface area (Å²) in [5.74, 6) is 0.759. The number of anilines is 1. The summed E-state index contributed by atoms with van der Waals surface area (Å²) in [6, 6.07) is 14.2. The number of aromatic nitrogens is 1. The zero-order valence-electron chi connectivity index (χ0n) is 12.6. The minimum atomic E-state index is 0.179. The summed E-state index contributed by atoms with van der Waals surface area (Å²) in [5.41, 5.74) is 2.64. The number of rotatable bonds is 3. The highest BCUT2D eigenvalue weighted by molar-refractivity contribution is 7.81. The van der Waals surface area contributed by atoms with Gasteiger partial charge in [-0.15, -0.1) is 0 Å². The molecular formula is C18H20N2S. The van der Waals surface area contributed by atoms with Gasteiger partial charge in [0.15, 0.2) is 0 Å². The Labute approximate surface area is 131 Å². The van der Waals surface area contributed by atoms with Crippen molar-refractivity contribution >= 4 is 29.1 Å². The van der Waals surface area contributed by atoms with Crippen LogP contribution in [0.1, 0.15) is 31.9 Å². The molecule has 0 saturated carbocycles. The van der Waals surface area contributed by atoms with E-state index in [1.54, 1.807) is 6.20 Å². The molecule has 1 aromatic heterocycles. The Morgan fingerprint density at radius 1 is 1.10 bits per heavy atom. The molecule has 0 amide bonds. The molecule has 0 aliphatic rings. The molecule has 0 spiro atoms. The smallest absolute Gasteiger partial charge is 0.130 e. The first-order chi connectivity index (χ1) is 9.95. The molecule has 0 fully saturated rings. The van der Waals surface area contributed by atoms with E-state index in [9.17, 15) is 0 Å². The Morgan fingerprint density at radius 2 is 1.81 bits per heavy atom. The predicted molar refractivity (Wildman–Crippen MR) is 94.6 cm³/mol. The second-order valence-corrected chi connectivity index (χ2v) is 6.35. The lowest BCUT2D eigenvalue weighted by Crippen LogP contribution is -2.10. The van der Waals surface area contributed by atoms with Crippen molar-refractivity contribution in [3.63, 3.8) is 0 Å². The molecule has 2 nitrogen and oxygen atoms in total. The second kappa shape index (κ2) is 6.64. The van der Waals surface area contributed by atoms with Gasteiger partial charge in [-0.25, -0.2) is 4.98 Å². The molecule has 21 heavy (non-hydrogen) atoms. The van der Waals surface area contributed by atoms with Crippen LogP contribution in [-0.2, 0) is 5.41 Å². The van der Waals surface area contributed by atoms with Crippen LogP contribution < -0.4 is 5.32 Å². The van der Waals surface area contributed by atoms with E-state index in [0.29, 0.717) is 4.99 Å². The molecule has 0 unspecified atom stereocenters. The van der Waals surface area contributed by atoms with Crippen LogP contribution in [0, 0.1) is 0 Å². The second-order valence-electron chi connectivity index (χ2n) is 5.91. The molecule has 0 aliphatic heterocycles. The number of thiocarbonyl (C=S) groups is 1. The third-order valence-electron chi connectivity index (χ3n) is 3.12. The van der Waals surface area contributed by atoms with E-state index in [4.69, 9.17) is 12.2 Å². The molecule has 1 heterocycles. The first-order valence-corrected chi connectivity index (χ1v) is 7.36. The van der Waals surface area contributed by atoms with Crippen LogP contribution in [0.5, 0.6) is 0 Å². The lowest BCUT2D eigenvalue weighted by molar-refractivity contribution is 0.590. The van der Waals surface area contributed by atoms with Gasteiger partial charge in [-0.2, -0.15) is 0 Å². The van der Waals surface area contributed by atoms with Crippen molar-refractivity contribution in [3.05, 3.63) is 65.9 Å². The van der Waals surface area contributed by atoms with E-state index in [1.807, 2.05) is 30.4 Å². The minimum absolute atomic E-state index is 0.179. The molecule has 1 aromatic carbocycles. The topological polar surface area (TPSA) is 24.9 Å². The molecule has 2 aromatic rings. The maximum absolute atomic E-state index is 5.28. The van der Waals surface area contributed by atoms with Crippen LogP contribution in [0.3, 0.4) is 0 Å². The van der Waals surface area contributed by atoms with Gasteiger partial charge in [-0.1, -0.05) is 69.4 Å². The van der Waals surface area contributed by atoms with Crippen molar-refractivity contribution in [3.8, 4) is 0 Å². The van der Waals surface area contributed by atoms with Crippen molar-refractivity contribution in [1.82, 2.24) is 4.98 Å². The van der Waals surface area contributed by atoms with Crippen molar-refractivity contribution < 1.29 is 0 Å². The molecule has 3 heteroatoms. The largest absolute Gasteiger partial charge is 0.331 e. The fourth-order valence-electron chi connectivity index (χ4n) is 1.87. The van der Waals surface area contributed by atoms with E-state index in [-0.39, 0.29) is 5.41 Å². The van der Waals surface area contributed by atoms with Crippen LogP contribution in [0.4, 0.5) is 5.82 Å². The lowest BCUT2D eigenvalue weighted by atomic mass is 9.87. The summed E-state index contributed by atoms with van der Waals surface area (Å²) >= 11 is 5.28. The number of pyridine rings is 1. The van der Waals surface area contributed by atoms with E-state index in [2.05, 4.69) is 55.3 Å². The fourth-order valence-corrected chi connectivity index (χ4v) is 2.04. The Hall–Kier alpha value is -2.00. The predicted octanol–water partition coefficient (Wildman–Crippen LogP) is 4.83. The Morgan fingerprint density at radius 3 is 2.38 bits per heavy atom. The summed E-state index contributed by atoms with van der Waals surface area (Å²) in [5, 5.41) is 3.08.